The van der Waals surface area contributed by atoms with Crippen molar-refractivity contribution < 1.29 is 56.5 Å². The summed E-state index contributed by atoms with van der Waals surface area (Å²) in [6.45, 7) is 1.48. The predicted molar refractivity (Wildman–Crippen MR) is 18.4 cm³/mol. The normalized spacial score (nSPS) is 12.6. The molecular weight excluding hydrogens is 111 g/mol. The summed E-state index contributed by atoms with van der Waals surface area (Å²) < 4.78 is 0. The third kappa shape index (κ3) is 24.4. The smallest absolute Gasteiger partial charge is 0.844 e. The SMILES string of the molecule is CC([O-])S.[K+]. The van der Waals surface area contributed by atoms with Gasteiger partial charge in [-0.15, -0.1) is 0 Å². The molecule has 0 rings (SSSR count). The van der Waals surface area contributed by atoms with Gasteiger partial charge in [-0.05, 0) is 0 Å². The zero-order chi connectivity index (χ0) is 3.58. The molecule has 0 saturated heterocycles. The van der Waals surface area contributed by atoms with Crippen molar-refractivity contribution in [3.63, 3.8) is 0 Å². The van der Waals surface area contributed by atoms with Crippen LogP contribution in [0.5, 0.6) is 0 Å². The van der Waals surface area contributed by atoms with E-state index in [9.17, 15) is 5.11 Å². The van der Waals surface area contributed by atoms with Crippen molar-refractivity contribution in [2.45, 2.75) is 12.4 Å². The van der Waals surface area contributed by atoms with Crippen LogP contribution in [0.1, 0.15) is 6.92 Å². The average Bonchev–Trinajstić information content (AvgIpc) is 0.811. The third-order valence-electron chi connectivity index (χ3n) is 0. The summed E-state index contributed by atoms with van der Waals surface area (Å²) in [6, 6.07) is 0. The molecule has 5 heavy (non-hydrogen) atoms. The Hall–Kier alpha value is 1.95. The first-order chi connectivity index (χ1) is 1.73. The summed E-state index contributed by atoms with van der Waals surface area (Å²) in [6.07, 6.45) is 0. The minimum atomic E-state index is -0.722. The number of hydrogen-bond donors (Lipinski definition) is 1. The fourth-order valence-corrected chi connectivity index (χ4v) is 0. The molecule has 0 fully saturated rings. The number of thiol groups is 1. The van der Waals surface area contributed by atoms with Gasteiger partial charge in [0.05, 0.1) is 0 Å². The van der Waals surface area contributed by atoms with E-state index in [4.69, 9.17) is 0 Å². The van der Waals surface area contributed by atoms with E-state index < -0.39 is 5.44 Å². The maximum Gasteiger partial charge on any atom is 1.00 e. The molecule has 0 amide bonds. The Kier molecular flexibility index (Phi) is 11.9. The molecule has 0 bridgehead atoms. The Morgan fingerprint density at radius 2 is 1.80 bits per heavy atom. The second-order valence-electron chi connectivity index (χ2n) is 0.599. The van der Waals surface area contributed by atoms with Gasteiger partial charge in [-0.3, -0.25) is 0 Å². The van der Waals surface area contributed by atoms with Crippen LogP contribution in [-0.4, -0.2) is 5.44 Å². The average molecular weight is 116 g/mol. The van der Waals surface area contributed by atoms with Crippen molar-refractivity contribution >= 4 is 12.6 Å². The van der Waals surface area contributed by atoms with E-state index in [-0.39, 0.29) is 51.4 Å². The molecule has 1 atom stereocenters. The first kappa shape index (κ1) is 10.0. The van der Waals surface area contributed by atoms with Crippen LogP contribution in [-0.2, 0) is 0 Å². The van der Waals surface area contributed by atoms with Crippen LogP contribution >= 0.6 is 12.6 Å². The van der Waals surface area contributed by atoms with E-state index in [0.717, 1.165) is 0 Å². The summed E-state index contributed by atoms with van der Waals surface area (Å²) in [5, 5.41) is 9.39. The third-order valence-corrected chi connectivity index (χ3v) is 0. The van der Waals surface area contributed by atoms with E-state index >= 15 is 0 Å². The van der Waals surface area contributed by atoms with Crippen molar-refractivity contribution in [3.05, 3.63) is 0 Å². The monoisotopic (exact) mass is 116 g/mol. The van der Waals surface area contributed by atoms with Crippen molar-refractivity contribution in [2.24, 2.45) is 0 Å². The second-order valence-corrected chi connectivity index (χ2v) is 1.33. The first-order valence-corrected chi connectivity index (χ1v) is 1.59. The van der Waals surface area contributed by atoms with E-state index in [0.29, 0.717) is 0 Å². The molecule has 0 radical (unpaired) electrons. The molecule has 0 heterocycles. The molecule has 0 aromatic heterocycles. The number of rotatable bonds is 0. The number of hydrogen-bond acceptors (Lipinski definition) is 2. The summed E-state index contributed by atoms with van der Waals surface area (Å²) in [5.74, 6) is 0. The van der Waals surface area contributed by atoms with Gasteiger partial charge in [0.15, 0.2) is 0 Å². The van der Waals surface area contributed by atoms with Gasteiger partial charge in [-0.25, -0.2) is 0 Å². The molecule has 0 aliphatic rings. The van der Waals surface area contributed by atoms with E-state index in [2.05, 4.69) is 12.6 Å². The Morgan fingerprint density at radius 1 is 1.80 bits per heavy atom. The molecule has 0 aliphatic carbocycles. The van der Waals surface area contributed by atoms with E-state index in [1.807, 2.05) is 0 Å². The molecule has 3 heteroatoms. The van der Waals surface area contributed by atoms with Gasteiger partial charge in [-0.1, -0.05) is 12.4 Å². The van der Waals surface area contributed by atoms with Gasteiger partial charge >= 0.3 is 51.4 Å². The fourth-order valence-electron chi connectivity index (χ4n) is 0. The predicted octanol–water partition coefficient (Wildman–Crippen LogP) is -3.37. The van der Waals surface area contributed by atoms with Gasteiger partial charge < -0.3 is 5.11 Å². The molecule has 0 aromatic carbocycles. The van der Waals surface area contributed by atoms with Gasteiger partial charge in [0.2, 0.25) is 0 Å². The van der Waals surface area contributed by atoms with Gasteiger partial charge in [0.25, 0.3) is 0 Å². The van der Waals surface area contributed by atoms with E-state index in [1.54, 1.807) is 0 Å². The zero-order valence-electron chi connectivity index (χ0n) is 3.43. The van der Waals surface area contributed by atoms with Crippen LogP contribution in [0.3, 0.4) is 0 Å². The first-order valence-electron chi connectivity index (χ1n) is 1.07. The molecule has 0 spiro atoms. The molecular formula is C2H5KOS. The summed E-state index contributed by atoms with van der Waals surface area (Å²) in [5.41, 5.74) is -0.722. The maximum absolute atomic E-state index is 9.39. The molecule has 1 nitrogen and oxygen atoms in total. The molecule has 26 valence electrons. The van der Waals surface area contributed by atoms with Crippen LogP contribution in [0.2, 0.25) is 0 Å². The van der Waals surface area contributed by atoms with Crippen LogP contribution < -0.4 is 56.5 Å². The Morgan fingerprint density at radius 3 is 1.80 bits per heavy atom. The van der Waals surface area contributed by atoms with Gasteiger partial charge in [0.1, 0.15) is 0 Å². The molecule has 0 N–H and O–H groups in total. The van der Waals surface area contributed by atoms with Crippen LogP contribution in [0.15, 0.2) is 0 Å². The Balaban J connectivity index is 0. The largest absolute Gasteiger partial charge is 1.00 e. The summed E-state index contributed by atoms with van der Waals surface area (Å²) in [4.78, 5) is 0. The fraction of sp³-hybridized carbons (Fsp3) is 1.00. The minimum Gasteiger partial charge on any atom is -0.844 e. The van der Waals surface area contributed by atoms with Gasteiger partial charge in [-0.2, -0.15) is 12.6 Å². The van der Waals surface area contributed by atoms with Crippen molar-refractivity contribution in [1.29, 1.82) is 0 Å². The second kappa shape index (κ2) is 5.95. The summed E-state index contributed by atoms with van der Waals surface area (Å²) >= 11 is 3.41. The van der Waals surface area contributed by atoms with Crippen molar-refractivity contribution in [2.75, 3.05) is 0 Å². The van der Waals surface area contributed by atoms with Gasteiger partial charge in [0, 0.05) is 0 Å². The quantitative estimate of drug-likeness (QED) is 0.199. The van der Waals surface area contributed by atoms with Crippen LogP contribution in [0.4, 0.5) is 0 Å². The Bertz CT molecular complexity index is 14.4. The van der Waals surface area contributed by atoms with Crippen molar-refractivity contribution in [3.8, 4) is 0 Å². The van der Waals surface area contributed by atoms with E-state index in [1.165, 1.54) is 6.92 Å². The van der Waals surface area contributed by atoms with Crippen LogP contribution in [0, 0.1) is 0 Å². The molecule has 1 unspecified atom stereocenters. The Labute approximate surface area is 80.0 Å². The van der Waals surface area contributed by atoms with Crippen LogP contribution in [0.25, 0.3) is 0 Å². The molecule has 0 aliphatic heterocycles. The maximum atomic E-state index is 9.39. The standard InChI is InChI=1S/C2H5OS.K/c1-2(3)4;/h2,4H,1H3;/q-1;+1. The van der Waals surface area contributed by atoms with Crippen molar-refractivity contribution in [1.82, 2.24) is 0 Å². The zero-order valence-corrected chi connectivity index (χ0v) is 7.45. The minimum absolute atomic E-state index is 0. The summed E-state index contributed by atoms with van der Waals surface area (Å²) in [7, 11) is 0. The molecule has 0 aromatic rings. The topological polar surface area (TPSA) is 23.1 Å². The molecule has 0 saturated carbocycles.